The highest BCUT2D eigenvalue weighted by atomic mass is 14.9. The Morgan fingerprint density at radius 3 is 2.31 bits per heavy atom. The molecule has 0 fully saturated rings. The van der Waals surface area contributed by atoms with Crippen LogP contribution in [-0.2, 0) is 10.8 Å². The number of nitrogens with one attached hydrogen (secondary N) is 1. The van der Waals surface area contributed by atoms with Crippen LogP contribution in [-0.4, -0.2) is 6.54 Å². The molecule has 4 rings (SSSR count). The van der Waals surface area contributed by atoms with Gasteiger partial charge in [-0.15, -0.1) is 0 Å². The molecule has 2 heteroatoms. The molecule has 1 aliphatic heterocycles. The van der Waals surface area contributed by atoms with E-state index in [2.05, 4.69) is 98.9 Å². The lowest BCUT2D eigenvalue weighted by Crippen LogP contribution is -2.35. The van der Waals surface area contributed by atoms with Gasteiger partial charge in [-0.25, -0.2) is 0 Å². The van der Waals surface area contributed by atoms with Crippen molar-refractivity contribution in [3.05, 3.63) is 95.1 Å². The first-order chi connectivity index (χ1) is 14.0. The molecule has 0 bridgehead atoms. The highest BCUT2D eigenvalue weighted by molar-refractivity contribution is 5.72. The molecule has 0 unspecified atom stereocenters. The van der Waals surface area contributed by atoms with Gasteiger partial charge in [-0.05, 0) is 47.2 Å². The molecule has 3 N–H and O–H groups in total. The number of fused-ring (bicyclic) bond motifs is 1. The molecule has 1 aliphatic rings. The van der Waals surface area contributed by atoms with Crippen LogP contribution < -0.4 is 11.1 Å². The van der Waals surface area contributed by atoms with Gasteiger partial charge in [-0.2, -0.15) is 0 Å². The maximum absolute atomic E-state index is 6.53. The topological polar surface area (TPSA) is 38.0 Å². The van der Waals surface area contributed by atoms with Gasteiger partial charge in [0, 0.05) is 28.7 Å². The van der Waals surface area contributed by atoms with Crippen molar-refractivity contribution >= 4 is 11.4 Å². The zero-order valence-corrected chi connectivity index (χ0v) is 17.8. The summed E-state index contributed by atoms with van der Waals surface area (Å²) < 4.78 is 0. The molecule has 0 amide bonds. The molecule has 29 heavy (non-hydrogen) atoms. The summed E-state index contributed by atoms with van der Waals surface area (Å²) >= 11 is 0. The van der Waals surface area contributed by atoms with E-state index < -0.39 is 0 Å². The monoisotopic (exact) mass is 384 g/mol. The first-order valence-corrected chi connectivity index (χ1v) is 10.8. The number of hydrogen-bond donors (Lipinski definition) is 2. The zero-order chi connectivity index (χ0) is 20.5. The summed E-state index contributed by atoms with van der Waals surface area (Å²) in [6, 6.07) is 26.1. The SMILES string of the molecule is CCC[C@@](C)(c1ccccc1)c1cc(N)cc2c1NCC[C@@]2(C)c1ccccc1. The second-order valence-corrected chi connectivity index (χ2v) is 8.81. The van der Waals surface area contributed by atoms with Gasteiger partial charge in [0.05, 0.1) is 0 Å². The zero-order valence-electron chi connectivity index (χ0n) is 17.8. The largest absolute Gasteiger partial charge is 0.399 e. The number of rotatable bonds is 5. The Balaban J connectivity index is 1.95. The van der Waals surface area contributed by atoms with Crippen LogP contribution in [0, 0.1) is 0 Å². The van der Waals surface area contributed by atoms with Crippen molar-refractivity contribution in [3.8, 4) is 0 Å². The van der Waals surface area contributed by atoms with Crippen molar-refractivity contribution < 1.29 is 0 Å². The molecule has 2 nitrogen and oxygen atoms in total. The van der Waals surface area contributed by atoms with Crippen LogP contribution in [0.15, 0.2) is 72.8 Å². The van der Waals surface area contributed by atoms with Crippen molar-refractivity contribution in [2.45, 2.75) is 50.9 Å². The summed E-state index contributed by atoms with van der Waals surface area (Å²) in [5, 5.41) is 3.76. The smallest absolute Gasteiger partial charge is 0.0424 e. The Morgan fingerprint density at radius 1 is 1.00 bits per heavy atom. The van der Waals surface area contributed by atoms with E-state index in [1.165, 1.54) is 27.9 Å². The fourth-order valence-corrected chi connectivity index (χ4v) is 5.14. The van der Waals surface area contributed by atoms with E-state index in [1.807, 2.05) is 0 Å². The van der Waals surface area contributed by atoms with Crippen LogP contribution in [0.3, 0.4) is 0 Å². The first-order valence-electron chi connectivity index (χ1n) is 10.8. The van der Waals surface area contributed by atoms with E-state index in [4.69, 9.17) is 5.73 Å². The van der Waals surface area contributed by atoms with E-state index >= 15 is 0 Å². The average molecular weight is 385 g/mol. The summed E-state index contributed by atoms with van der Waals surface area (Å²) in [6.07, 6.45) is 3.25. The lowest BCUT2D eigenvalue weighted by atomic mass is 9.66. The molecule has 0 radical (unpaired) electrons. The predicted octanol–water partition coefficient (Wildman–Crippen LogP) is 6.50. The Kier molecular flexibility index (Phi) is 5.12. The standard InChI is InChI=1S/C27H32N2/c1-4-15-26(2,20-11-7-5-8-12-20)23-18-22(28)19-24-25(23)29-17-16-27(24,3)21-13-9-6-10-14-21/h5-14,18-19,29H,4,15-17,28H2,1-3H3/t26-,27-/m0/s1. The van der Waals surface area contributed by atoms with Gasteiger partial charge in [0.2, 0.25) is 0 Å². The van der Waals surface area contributed by atoms with Crippen LogP contribution in [0.2, 0.25) is 0 Å². The molecule has 1 heterocycles. The van der Waals surface area contributed by atoms with E-state index in [9.17, 15) is 0 Å². The molecule has 0 aliphatic carbocycles. The van der Waals surface area contributed by atoms with Crippen LogP contribution in [0.25, 0.3) is 0 Å². The molecule has 2 atom stereocenters. The number of anilines is 2. The van der Waals surface area contributed by atoms with Gasteiger partial charge >= 0.3 is 0 Å². The lowest BCUT2D eigenvalue weighted by Gasteiger charge is -2.42. The summed E-state index contributed by atoms with van der Waals surface area (Å²) in [7, 11) is 0. The molecule has 3 aromatic rings. The molecule has 3 aromatic carbocycles. The van der Waals surface area contributed by atoms with Gasteiger partial charge in [-0.3, -0.25) is 0 Å². The van der Waals surface area contributed by atoms with Crippen LogP contribution in [0.1, 0.15) is 62.3 Å². The Morgan fingerprint density at radius 2 is 1.66 bits per heavy atom. The minimum atomic E-state index is -0.0859. The first kappa shape index (κ1) is 19.6. The molecule has 0 saturated heterocycles. The molecular weight excluding hydrogens is 352 g/mol. The number of nitrogens with two attached hydrogens (primary N) is 1. The highest BCUT2D eigenvalue weighted by Gasteiger charge is 2.39. The van der Waals surface area contributed by atoms with E-state index in [0.29, 0.717) is 0 Å². The third-order valence-corrected chi connectivity index (χ3v) is 6.85. The van der Waals surface area contributed by atoms with E-state index in [-0.39, 0.29) is 10.8 Å². The molecular formula is C27H32N2. The predicted molar refractivity (Wildman–Crippen MR) is 125 cm³/mol. The normalized spacial score (nSPS) is 20.4. The maximum atomic E-state index is 6.53. The highest BCUT2D eigenvalue weighted by Crippen LogP contribution is 2.49. The minimum Gasteiger partial charge on any atom is -0.399 e. The molecule has 0 saturated carbocycles. The Labute approximate surface area is 175 Å². The van der Waals surface area contributed by atoms with Gasteiger partial charge in [0.15, 0.2) is 0 Å². The van der Waals surface area contributed by atoms with E-state index in [0.717, 1.165) is 31.5 Å². The molecule has 150 valence electrons. The van der Waals surface area contributed by atoms with Crippen LogP contribution in [0.5, 0.6) is 0 Å². The summed E-state index contributed by atoms with van der Waals surface area (Å²) in [5.74, 6) is 0. The fourth-order valence-electron chi connectivity index (χ4n) is 5.14. The molecule has 0 aromatic heterocycles. The number of nitrogen functional groups attached to an aromatic ring is 1. The van der Waals surface area contributed by atoms with Crippen molar-refractivity contribution in [2.24, 2.45) is 0 Å². The number of benzene rings is 3. The van der Waals surface area contributed by atoms with Gasteiger partial charge in [0.1, 0.15) is 0 Å². The third-order valence-electron chi connectivity index (χ3n) is 6.85. The van der Waals surface area contributed by atoms with Gasteiger partial charge in [-0.1, -0.05) is 87.9 Å². The van der Waals surface area contributed by atoms with Crippen molar-refractivity contribution in [3.63, 3.8) is 0 Å². The summed E-state index contributed by atoms with van der Waals surface area (Å²) in [6.45, 7) is 7.97. The maximum Gasteiger partial charge on any atom is 0.0424 e. The number of hydrogen-bond acceptors (Lipinski definition) is 2. The van der Waals surface area contributed by atoms with E-state index in [1.54, 1.807) is 0 Å². The van der Waals surface area contributed by atoms with Crippen molar-refractivity contribution in [1.29, 1.82) is 0 Å². The molecule has 0 spiro atoms. The Hall–Kier alpha value is -2.74. The lowest BCUT2D eigenvalue weighted by molar-refractivity contribution is 0.495. The third kappa shape index (κ3) is 3.31. The van der Waals surface area contributed by atoms with Crippen LogP contribution in [0.4, 0.5) is 11.4 Å². The van der Waals surface area contributed by atoms with Crippen molar-refractivity contribution in [1.82, 2.24) is 0 Å². The Bertz CT molecular complexity index is 980. The quantitative estimate of drug-likeness (QED) is 0.493. The second-order valence-electron chi connectivity index (χ2n) is 8.81. The van der Waals surface area contributed by atoms with Gasteiger partial charge < -0.3 is 11.1 Å². The second kappa shape index (κ2) is 7.59. The average Bonchev–Trinajstić information content (AvgIpc) is 2.75. The summed E-state index contributed by atoms with van der Waals surface area (Å²) in [4.78, 5) is 0. The van der Waals surface area contributed by atoms with Crippen LogP contribution >= 0.6 is 0 Å². The fraction of sp³-hybridized carbons (Fsp3) is 0.333. The summed E-state index contributed by atoms with van der Waals surface area (Å²) in [5.41, 5.74) is 13.9. The minimum absolute atomic E-state index is 0.0458. The van der Waals surface area contributed by atoms with Crippen molar-refractivity contribution in [2.75, 3.05) is 17.6 Å². The van der Waals surface area contributed by atoms with Gasteiger partial charge in [0.25, 0.3) is 0 Å².